The molecule has 2 rings (SSSR count). The van der Waals surface area contributed by atoms with E-state index in [1.807, 2.05) is 0 Å². The predicted molar refractivity (Wildman–Crippen MR) is 52.9 cm³/mol. The molecular formula is C12H22. The van der Waals surface area contributed by atoms with E-state index >= 15 is 0 Å². The molecule has 0 bridgehead atoms. The van der Waals surface area contributed by atoms with Crippen molar-refractivity contribution in [1.29, 1.82) is 0 Å². The molecule has 0 heteroatoms. The van der Waals surface area contributed by atoms with Crippen molar-refractivity contribution in [1.82, 2.24) is 0 Å². The van der Waals surface area contributed by atoms with Crippen LogP contribution in [0.5, 0.6) is 0 Å². The van der Waals surface area contributed by atoms with Crippen LogP contribution in [-0.4, -0.2) is 0 Å². The molecule has 12 heavy (non-hydrogen) atoms. The maximum atomic E-state index is 2.49. The summed E-state index contributed by atoms with van der Waals surface area (Å²) in [6.45, 7) is 7.34. The van der Waals surface area contributed by atoms with Crippen LogP contribution in [0.4, 0.5) is 0 Å². The predicted octanol–water partition coefficient (Wildman–Crippen LogP) is 3.71. The topological polar surface area (TPSA) is 0 Å². The van der Waals surface area contributed by atoms with E-state index in [2.05, 4.69) is 20.8 Å². The Balaban J connectivity index is 2.04. The van der Waals surface area contributed by atoms with E-state index in [1.54, 1.807) is 6.42 Å². The minimum atomic E-state index is 0.997. The SMILES string of the molecule is CCC1CC2CCC2C(C)C1C. The van der Waals surface area contributed by atoms with Crippen LogP contribution >= 0.6 is 0 Å². The van der Waals surface area contributed by atoms with Gasteiger partial charge < -0.3 is 0 Å². The summed E-state index contributed by atoms with van der Waals surface area (Å²) in [5.41, 5.74) is 0. The fourth-order valence-corrected chi connectivity index (χ4v) is 3.54. The van der Waals surface area contributed by atoms with E-state index in [1.165, 1.54) is 19.3 Å². The van der Waals surface area contributed by atoms with Crippen LogP contribution in [-0.2, 0) is 0 Å². The molecule has 0 spiro atoms. The molecule has 0 aromatic heterocycles. The number of fused-ring (bicyclic) bond motifs is 1. The Hall–Kier alpha value is 0. The van der Waals surface area contributed by atoms with Gasteiger partial charge >= 0.3 is 0 Å². The second-order valence-corrected chi connectivity index (χ2v) is 5.12. The number of hydrogen-bond donors (Lipinski definition) is 0. The van der Waals surface area contributed by atoms with Gasteiger partial charge in [0.1, 0.15) is 0 Å². The standard InChI is InChI=1S/C12H22/c1-4-10-7-11-5-6-12(11)9(3)8(10)2/h8-12H,4-7H2,1-3H3. The maximum Gasteiger partial charge on any atom is -0.0357 e. The number of hydrogen-bond acceptors (Lipinski definition) is 0. The highest BCUT2D eigenvalue weighted by Gasteiger charge is 2.43. The average Bonchev–Trinajstić information content (AvgIpc) is 2.01. The van der Waals surface area contributed by atoms with Crippen LogP contribution < -0.4 is 0 Å². The normalized spacial score (nSPS) is 52.8. The fraction of sp³-hybridized carbons (Fsp3) is 1.00. The first-order chi connectivity index (χ1) is 5.74. The van der Waals surface area contributed by atoms with Crippen LogP contribution in [0.15, 0.2) is 0 Å². The molecule has 0 radical (unpaired) electrons. The number of rotatable bonds is 1. The molecule has 0 aromatic rings. The molecule has 2 aliphatic rings. The van der Waals surface area contributed by atoms with E-state index in [4.69, 9.17) is 0 Å². The monoisotopic (exact) mass is 166 g/mol. The lowest BCUT2D eigenvalue weighted by Gasteiger charge is -2.51. The van der Waals surface area contributed by atoms with Gasteiger partial charge in [-0.1, -0.05) is 27.2 Å². The summed E-state index contributed by atoms with van der Waals surface area (Å²) in [4.78, 5) is 0. The van der Waals surface area contributed by atoms with Crippen molar-refractivity contribution >= 4 is 0 Å². The second kappa shape index (κ2) is 3.05. The summed E-state index contributed by atoms with van der Waals surface area (Å²) in [5, 5.41) is 0. The van der Waals surface area contributed by atoms with Crippen LogP contribution in [0.1, 0.15) is 46.5 Å². The van der Waals surface area contributed by atoms with Crippen molar-refractivity contribution in [3.63, 3.8) is 0 Å². The highest BCUT2D eigenvalue weighted by atomic mass is 14.5. The van der Waals surface area contributed by atoms with Gasteiger partial charge in [-0.15, -0.1) is 0 Å². The van der Waals surface area contributed by atoms with Crippen molar-refractivity contribution in [2.75, 3.05) is 0 Å². The van der Waals surface area contributed by atoms with Crippen molar-refractivity contribution in [3.8, 4) is 0 Å². The third-order valence-corrected chi connectivity index (χ3v) is 4.85. The maximum absolute atomic E-state index is 2.49. The van der Waals surface area contributed by atoms with Gasteiger partial charge in [0.2, 0.25) is 0 Å². The quantitative estimate of drug-likeness (QED) is 0.557. The van der Waals surface area contributed by atoms with Crippen molar-refractivity contribution in [2.24, 2.45) is 29.6 Å². The van der Waals surface area contributed by atoms with Gasteiger partial charge in [0.25, 0.3) is 0 Å². The van der Waals surface area contributed by atoms with E-state index in [-0.39, 0.29) is 0 Å². The van der Waals surface area contributed by atoms with Crippen molar-refractivity contribution in [2.45, 2.75) is 46.5 Å². The molecule has 0 saturated heterocycles. The summed E-state index contributed by atoms with van der Waals surface area (Å²) in [6, 6.07) is 0. The molecule has 0 N–H and O–H groups in total. The van der Waals surface area contributed by atoms with Crippen LogP contribution in [0.3, 0.4) is 0 Å². The zero-order valence-electron chi connectivity index (χ0n) is 8.72. The Morgan fingerprint density at radius 2 is 1.83 bits per heavy atom. The molecule has 0 aliphatic heterocycles. The minimum absolute atomic E-state index is 0.997. The van der Waals surface area contributed by atoms with Gasteiger partial charge in [0.15, 0.2) is 0 Å². The summed E-state index contributed by atoms with van der Waals surface area (Å²) < 4.78 is 0. The molecule has 0 nitrogen and oxygen atoms in total. The molecule has 0 aromatic carbocycles. The van der Waals surface area contributed by atoms with Crippen LogP contribution in [0.25, 0.3) is 0 Å². The minimum Gasteiger partial charge on any atom is -0.0651 e. The first-order valence-electron chi connectivity index (χ1n) is 5.74. The third kappa shape index (κ3) is 1.11. The van der Waals surface area contributed by atoms with Gasteiger partial charge in [0.05, 0.1) is 0 Å². The first-order valence-corrected chi connectivity index (χ1v) is 5.74. The lowest BCUT2D eigenvalue weighted by Crippen LogP contribution is -2.42. The fourth-order valence-electron chi connectivity index (χ4n) is 3.54. The smallest absolute Gasteiger partial charge is 0.0357 e. The molecule has 2 saturated carbocycles. The molecule has 70 valence electrons. The highest BCUT2D eigenvalue weighted by molar-refractivity contribution is 4.93. The highest BCUT2D eigenvalue weighted by Crippen LogP contribution is 2.52. The first kappa shape index (κ1) is 8.59. The summed E-state index contributed by atoms with van der Waals surface area (Å²) >= 11 is 0. The van der Waals surface area contributed by atoms with Gasteiger partial charge in [-0.2, -0.15) is 0 Å². The Labute approximate surface area is 76.7 Å². The van der Waals surface area contributed by atoms with E-state index in [9.17, 15) is 0 Å². The largest absolute Gasteiger partial charge is 0.0651 e. The van der Waals surface area contributed by atoms with Gasteiger partial charge in [-0.3, -0.25) is 0 Å². The second-order valence-electron chi connectivity index (χ2n) is 5.12. The molecule has 0 heterocycles. The molecule has 2 aliphatic carbocycles. The summed E-state index contributed by atoms with van der Waals surface area (Å²) in [5.74, 6) is 5.30. The Bertz CT molecular complexity index is 157. The average molecular weight is 166 g/mol. The Morgan fingerprint density at radius 3 is 2.33 bits per heavy atom. The summed E-state index contributed by atoms with van der Waals surface area (Å²) in [6.07, 6.45) is 6.03. The van der Waals surface area contributed by atoms with Crippen molar-refractivity contribution in [3.05, 3.63) is 0 Å². The van der Waals surface area contributed by atoms with E-state index in [0.29, 0.717) is 0 Å². The molecule has 5 unspecified atom stereocenters. The third-order valence-electron chi connectivity index (χ3n) is 4.85. The van der Waals surface area contributed by atoms with Crippen LogP contribution in [0.2, 0.25) is 0 Å². The lowest BCUT2D eigenvalue weighted by molar-refractivity contribution is -0.0134. The van der Waals surface area contributed by atoms with Crippen LogP contribution in [0, 0.1) is 29.6 Å². The van der Waals surface area contributed by atoms with Gasteiger partial charge in [-0.25, -0.2) is 0 Å². The zero-order valence-corrected chi connectivity index (χ0v) is 8.72. The Kier molecular flexibility index (Phi) is 2.18. The molecule has 0 amide bonds. The molecule has 2 fully saturated rings. The van der Waals surface area contributed by atoms with Gasteiger partial charge in [-0.05, 0) is 48.9 Å². The van der Waals surface area contributed by atoms with E-state index < -0.39 is 0 Å². The molecular weight excluding hydrogens is 144 g/mol. The Morgan fingerprint density at radius 1 is 1.08 bits per heavy atom. The van der Waals surface area contributed by atoms with E-state index in [0.717, 1.165) is 29.6 Å². The lowest BCUT2D eigenvalue weighted by atomic mass is 9.54. The summed E-state index contributed by atoms with van der Waals surface area (Å²) in [7, 11) is 0. The molecule has 5 atom stereocenters. The van der Waals surface area contributed by atoms with Gasteiger partial charge in [0, 0.05) is 0 Å². The zero-order chi connectivity index (χ0) is 8.72. The van der Waals surface area contributed by atoms with Crippen molar-refractivity contribution < 1.29 is 0 Å².